The summed E-state index contributed by atoms with van der Waals surface area (Å²) in [5.41, 5.74) is 2.11. The van der Waals surface area contributed by atoms with Crippen LogP contribution in [0, 0.1) is 0 Å². The van der Waals surface area contributed by atoms with E-state index in [1.807, 2.05) is 18.2 Å². The van der Waals surface area contributed by atoms with Crippen LogP contribution >= 0.6 is 0 Å². The Labute approximate surface area is 135 Å². The summed E-state index contributed by atoms with van der Waals surface area (Å²) in [6, 6.07) is 11.3. The van der Waals surface area contributed by atoms with Gasteiger partial charge in [0.15, 0.2) is 0 Å². The average Bonchev–Trinajstić information content (AvgIpc) is 3.07. The van der Waals surface area contributed by atoms with E-state index in [1.165, 1.54) is 30.7 Å². The number of amides is 1. The summed E-state index contributed by atoms with van der Waals surface area (Å²) >= 11 is 0. The van der Waals surface area contributed by atoms with Gasteiger partial charge in [-0.05, 0) is 49.2 Å². The first-order valence-corrected chi connectivity index (χ1v) is 7.99. The van der Waals surface area contributed by atoms with Crippen molar-refractivity contribution >= 4 is 5.91 Å². The predicted octanol–water partition coefficient (Wildman–Crippen LogP) is 1.90. The summed E-state index contributed by atoms with van der Waals surface area (Å²) in [6.45, 7) is 3.62. The highest BCUT2D eigenvalue weighted by atomic mass is 16.2. The van der Waals surface area contributed by atoms with Gasteiger partial charge in [0.05, 0.1) is 0 Å². The van der Waals surface area contributed by atoms with Crippen molar-refractivity contribution in [1.29, 1.82) is 0 Å². The van der Waals surface area contributed by atoms with Gasteiger partial charge in [0.2, 0.25) is 0 Å². The number of nitrogens with one attached hydrogen (secondary N) is 2. The van der Waals surface area contributed by atoms with Crippen molar-refractivity contribution in [1.82, 2.24) is 15.2 Å². The molecular formula is C18H21N3O2. The molecule has 2 aromatic rings. The van der Waals surface area contributed by atoms with Crippen molar-refractivity contribution in [2.75, 3.05) is 13.1 Å². The quantitative estimate of drug-likeness (QED) is 0.886. The van der Waals surface area contributed by atoms with Crippen LogP contribution in [0.2, 0.25) is 0 Å². The Morgan fingerprint density at radius 1 is 1.09 bits per heavy atom. The molecule has 0 bridgehead atoms. The van der Waals surface area contributed by atoms with Crippen molar-refractivity contribution in [2.45, 2.75) is 25.9 Å². The molecule has 3 rings (SSSR count). The van der Waals surface area contributed by atoms with E-state index in [0.717, 1.165) is 25.2 Å². The molecule has 5 nitrogen and oxygen atoms in total. The fraction of sp³-hybridized carbons (Fsp3) is 0.333. The summed E-state index contributed by atoms with van der Waals surface area (Å²) in [5, 5.41) is 2.84. The van der Waals surface area contributed by atoms with Gasteiger partial charge in [-0.2, -0.15) is 0 Å². The molecule has 1 fully saturated rings. The standard InChI is InChI=1S/C18H21N3O2/c22-17-16(8-5-9-19-17)18(23)20-12-14-6-1-2-7-15(14)13-21-10-3-4-11-21/h1-2,5-9H,3-4,10-13H2,(H,19,22)(H,20,23). The monoisotopic (exact) mass is 311 g/mol. The van der Waals surface area contributed by atoms with Crippen LogP contribution in [0.25, 0.3) is 0 Å². The van der Waals surface area contributed by atoms with Crippen molar-refractivity contribution in [3.8, 4) is 0 Å². The number of pyridine rings is 1. The number of likely N-dealkylation sites (tertiary alicyclic amines) is 1. The van der Waals surface area contributed by atoms with Crippen molar-refractivity contribution in [3.63, 3.8) is 0 Å². The van der Waals surface area contributed by atoms with Gasteiger partial charge in [0, 0.05) is 19.3 Å². The summed E-state index contributed by atoms with van der Waals surface area (Å²) in [7, 11) is 0. The van der Waals surface area contributed by atoms with Crippen LogP contribution in [0.1, 0.15) is 34.3 Å². The molecule has 0 unspecified atom stereocenters. The number of aromatic nitrogens is 1. The lowest BCUT2D eigenvalue weighted by molar-refractivity contribution is 0.0949. The normalized spacial score (nSPS) is 14.8. The molecule has 120 valence electrons. The number of benzene rings is 1. The van der Waals surface area contributed by atoms with Crippen LogP contribution in [0.3, 0.4) is 0 Å². The van der Waals surface area contributed by atoms with Crippen LogP contribution in [0.4, 0.5) is 0 Å². The van der Waals surface area contributed by atoms with Crippen LogP contribution in [-0.2, 0) is 13.1 Å². The molecule has 0 radical (unpaired) electrons. The lowest BCUT2D eigenvalue weighted by atomic mass is 10.1. The molecule has 2 heterocycles. The zero-order valence-electron chi connectivity index (χ0n) is 13.0. The Hall–Kier alpha value is -2.40. The van der Waals surface area contributed by atoms with Gasteiger partial charge in [0.25, 0.3) is 11.5 Å². The van der Waals surface area contributed by atoms with Gasteiger partial charge in [-0.1, -0.05) is 24.3 Å². The molecule has 1 saturated heterocycles. The van der Waals surface area contributed by atoms with Crippen molar-refractivity contribution in [3.05, 3.63) is 69.6 Å². The van der Waals surface area contributed by atoms with E-state index in [-0.39, 0.29) is 17.0 Å². The minimum Gasteiger partial charge on any atom is -0.348 e. The molecule has 5 heteroatoms. The molecule has 1 aliphatic rings. The fourth-order valence-corrected chi connectivity index (χ4v) is 2.94. The number of carbonyl (C=O) groups excluding carboxylic acids is 1. The topological polar surface area (TPSA) is 65.2 Å². The van der Waals surface area contributed by atoms with Gasteiger partial charge in [-0.3, -0.25) is 14.5 Å². The number of aromatic amines is 1. The molecule has 1 aromatic carbocycles. The van der Waals surface area contributed by atoms with E-state index < -0.39 is 0 Å². The maximum absolute atomic E-state index is 12.2. The molecular weight excluding hydrogens is 290 g/mol. The second-order valence-electron chi connectivity index (χ2n) is 5.85. The lowest BCUT2D eigenvalue weighted by Crippen LogP contribution is -2.29. The van der Waals surface area contributed by atoms with E-state index in [9.17, 15) is 9.59 Å². The molecule has 2 N–H and O–H groups in total. The zero-order chi connectivity index (χ0) is 16.1. The van der Waals surface area contributed by atoms with E-state index in [2.05, 4.69) is 21.3 Å². The van der Waals surface area contributed by atoms with E-state index >= 15 is 0 Å². The third kappa shape index (κ3) is 3.87. The minimum atomic E-state index is -0.365. The smallest absolute Gasteiger partial charge is 0.260 e. The summed E-state index contributed by atoms with van der Waals surface area (Å²) in [5.74, 6) is -0.345. The highest BCUT2D eigenvalue weighted by Crippen LogP contribution is 2.16. The van der Waals surface area contributed by atoms with Crippen LogP contribution in [0.5, 0.6) is 0 Å². The van der Waals surface area contributed by atoms with Gasteiger partial charge < -0.3 is 10.3 Å². The average molecular weight is 311 g/mol. The molecule has 0 saturated carbocycles. The Morgan fingerprint density at radius 2 is 1.83 bits per heavy atom. The minimum absolute atomic E-state index is 0.143. The number of nitrogens with zero attached hydrogens (tertiary/aromatic N) is 1. The number of hydrogen-bond acceptors (Lipinski definition) is 3. The maximum Gasteiger partial charge on any atom is 0.260 e. The molecule has 0 aliphatic carbocycles. The molecule has 23 heavy (non-hydrogen) atoms. The lowest BCUT2D eigenvalue weighted by Gasteiger charge is -2.17. The molecule has 1 aromatic heterocycles. The number of rotatable bonds is 5. The number of H-pyrrole nitrogens is 1. The van der Waals surface area contributed by atoms with E-state index in [0.29, 0.717) is 6.54 Å². The van der Waals surface area contributed by atoms with Crippen LogP contribution in [0.15, 0.2) is 47.4 Å². The second kappa shape index (κ2) is 7.24. The van der Waals surface area contributed by atoms with Gasteiger partial charge in [-0.25, -0.2) is 0 Å². The summed E-state index contributed by atoms with van der Waals surface area (Å²) in [4.78, 5) is 28.7. The third-order valence-electron chi connectivity index (χ3n) is 4.21. The first kappa shape index (κ1) is 15.5. The van der Waals surface area contributed by atoms with Crippen LogP contribution in [-0.4, -0.2) is 28.9 Å². The summed E-state index contributed by atoms with van der Waals surface area (Å²) < 4.78 is 0. The van der Waals surface area contributed by atoms with E-state index in [4.69, 9.17) is 0 Å². The number of hydrogen-bond donors (Lipinski definition) is 2. The largest absolute Gasteiger partial charge is 0.348 e. The Morgan fingerprint density at radius 3 is 2.57 bits per heavy atom. The third-order valence-corrected chi connectivity index (χ3v) is 4.21. The highest BCUT2D eigenvalue weighted by molar-refractivity contribution is 5.93. The molecule has 0 atom stereocenters. The zero-order valence-corrected chi connectivity index (χ0v) is 13.0. The van der Waals surface area contributed by atoms with Crippen molar-refractivity contribution in [2.24, 2.45) is 0 Å². The molecule has 1 aliphatic heterocycles. The Kier molecular flexibility index (Phi) is 4.88. The fourth-order valence-electron chi connectivity index (χ4n) is 2.94. The maximum atomic E-state index is 12.2. The second-order valence-corrected chi connectivity index (χ2v) is 5.85. The van der Waals surface area contributed by atoms with Crippen LogP contribution < -0.4 is 10.9 Å². The predicted molar refractivity (Wildman–Crippen MR) is 89.2 cm³/mol. The van der Waals surface area contributed by atoms with Gasteiger partial charge in [-0.15, -0.1) is 0 Å². The number of carbonyl (C=O) groups is 1. The molecule has 1 amide bonds. The first-order valence-electron chi connectivity index (χ1n) is 7.99. The molecule has 0 spiro atoms. The van der Waals surface area contributed by atoms with Crippen molar-refractivity contribution < 1.29 is 4.79 Å². The summed E-state index contributed by atoms with van der Waals surface area (Å²) in [6.07, 6.45) is 4.04. The highest BCUT2D eigenvalue weighted by Gasteiger charge is 2.14. The SMILES string of the molecule is O=C(NCc1ccccc1CN1CCCC1)c1ccc[nH]c1=O. The van der Waals surface area contributed by atoms with E-state index in [1.54, 1.807) is 6.07 Å². The Balaban J connectivity index is 1.67. The first-order chi connectivity index (χ1) is 11.2. The Bertz CT molecular complexity index is 733. The van der Waals surface area contributed by atoms with Gasteiger partial charge >= 0.3 is 0 Å². The van der Waals surface area contributed by atoms with Gasteiger partial charge in [0.1, 0.15) is 5.56 Å².